The second-order valence-electron chi connectivity index (χ2n) is 7.83. The van der Waals surface area contributed by atoms with Crippen LogP contribution in [0.1, 0.15) is 23.4 Å². The number of halogens is 1. The largest absolute Gasteiger partial charge is 0.495 e. The first-order chi connectivity index (χ1) is 15.8. The summed E-state index contributed by atoms with van der Waals surface area (Å²) >= 11 is 6.11. The highest BCUT2D eigenvalue weighted by molar-refractivity contribution is 6.32. The van der Waals surface area contributed by atoms with E-state index in [1.54, 1.807) is 34.5 Å². The van der Waals surface area contributed by atoms with Crippen LogP contribution in [0.15, 0.2) is 47.3 Å². The van der Waals surface area contributed by atoms with Gasteiger partial charge in [-0.05, 0) is 44.2 Å². The average Bonchev–Trinajstić information content (AvgIpc) is 3.12. The van der Waals surface area contributed by atoms with Crippen molar-refractivity contribution in [3.8, 4) is 11.4 Å². The molecule has 0 atom stereocenters. The lowest BCUT2D eigenvalue weighted by atomic mass is 10.2. The molecule has 0 saturated heterocycles. The van der Waals surface area contributed by atoms with Crippen LogP contribution in [-0.2, 0) is 18.3 Å². The number of rotatable bonds is 6. The van der Waals surface area contributed by atoms with Crippen molar-refractivity contribution >= 4 is 34.4 Å². The molecule has 2 aromatic carbocycles. The zero-order valence-electron chi connectivity index (χ0n) is 18.8. The van der Waals surface area contributed by atoms with E-state index < -0.39 is 0 Å². The van der Waals surface area contributed by atoms with E-state index in [9.17, 15) is 9.59 Å². The Bertz CT molecular complexity index is 1410. The Labute approximate surface area is 195 Å². The van der Waals surface area contributed by atoms with Crippen LogP contribution in [0.3, 0.4) is 0 Å². The minimum atomic E-state index is -0.254. The average molecular weight is 466 g/mol. The first kappa shape index (κ1) is 22.5. The van der Waals surface area contributed by atoms with E-state index in [0.717, 1.165) is 11.3 Å². The molecule has 9 heteroatoms. The monoisotopic (exact) mass is 465 g/mol. The summed E-state index contributed by atoms with van der Waals surface area (Å²) in [6.45, 7) is 3.87. The number of fused-ring (bicyclic) bond motifs is 1. The van der Waals surface area contributed by atoms with Crippen molar-refractivity contribution in [2.75, 3.05) is 12.4 Å². The van der Waals surface area contributed by atoms with E-state index in [0.29, 0.717) is 39.0 Å². The third-order valence-corrected chi connectivity index (χ3v) is 5.72. The summed E-state index contributed by atoms with van der Waals surface area (Å²) in [7, 11) is 3.22. The molecule has 0 aliphatic heterocycles. The molecule has 1 N–H and O–H groups in total. The predicted molar refractivity (Wildman–Crippen MR) is 129 cm³/mol. The van der Waals surface area contributed by atoms with Crippen LogP contribution in [0.4, 0.5) is 5.69 Å². The summed E-state index contributed by atoms with van der Waals surface area (Å²) in [5.74, 6) is 0.282. The van der Waals surface area contributed by atoms with Gasteiger partial charge in [0.2, 0.25) is 5.91 Å². The zero-order chi connectivity index (χ0) is 23.7. The summed E-state index contributed by atoms with van der Waals surface area (Å²) in [5.41, 5.74) is 4.56. The van der Waals surface area contributed by atoms with Crippen molar-refractivity contribution in [1.82, 2.24) is 19.3 Å². The number of methoxy groups -OCH3 is 1. The third kappa shape index (κ3) is 4.47. The van der Waals surface area contributed by atoms with Crippen LogP contribution >= 0.6 is 11.6 Å². The zero-order valence-corrected chi connectivity index (χ0v) is 19.6. The minimum absolute atomic E-state index is 0.0997. The van der Waals surface area contributed by atoms with Crippen LogP contribution in [-0.4, -0.2) is 32.3 Å². The van der Waals surface area contributed by atoms with Crippen LogP contribution in [0.2, 0.25) is 5.02 Å². The summed E-state index contributed by atoms with van der Waals surface area (Å²) in [4.78, 5) is 30.0. The number of hydrogen-bond acceptors (Lipinski definition) is 5. The normalized spacial score (nSPS) is 11.1. The fourth-order valence-corrected chi connectivity index (χ4v) is 3.90. The molecule has 33 heavy (non-hydrogen) atoms. The number of anilines is 1. The lowest BCUT2D eigenvalue weighted by Gasteiger charge is -2.10. The van der Waals surface area contributed by atoms with Gasteiger partial charge in [-0.15, -0.1) is 0 Å². The summed E-state index contributed by atoms with van der Waals surface area (Å²) in [5, 5.41) is 7.78. The number of hydrogen-bond donors (Lipinski definition) is 1. The summed E-state index contributed by atoms with van der Waals surface area (Å²) in [6, 6.07) is 12.9. The number of nitrogens with zero attached hydrogens (tertiary/aromatic N) is 4. The van der Waals surface area contributed by atoms with Crippen molar-refractivity contribution in [3.63, 3.8) is 0 Å². The topological polar surface area (TPSA) is 91.0 Å². The second-order valence-corrected chi connectivity index (χ2v) is 8.23. The van der Waals surface area contributed by atoms with Crippen molar-refractivity contribution in [2.45, 2.75) is 26.7 Å². The number of aryl methyl sites for hydroxylation is 4. The SMILES string of the molecule is COc1ccc(NC(=O)CCc2nc3c(C)nn(-c4ccc(C)cc4)c3n(C)c2=O)cc1Cl. The van der Waals surface area contributed by atoms with E-state index in [1.807, 2.05) is 38.1 Å². The molecule has 0 radical (unpaired) electrons. The number of carbonyl (C=O) groups is 1. The van der Waals surface area contributed by atoms with E-state index >= 15 is 0 Å². The van der Waals surface area contributed by atoms with Gasteiger partial charge in [-0.25, -0.2) is 9.67 Å². The maximum absolute atomic E-state index is 13.0. The molecule has 2 heterocycles. The van der Waals surface area contributed by atoms with Crippen LogP contribution in [0, 0.1) is 13.8 Å². The molecule has 0 bridgehead atoms. The molecule has 4 rings (SSSR count). The molecule has 2 aromatic heterocycles. The van der Waals surface area contributed by atoms with Crippen molar-refractivity contribution < 1.29 is 9.53 Å². The van der Waals surface area contributed by atoms with Crippen LogP contribution in [0.25, 0.3) is 16.9 Å². The Hall–Kier alpha value is -3.65. The highest BCUT2D eigenvalue weighted by atomic mass is 35.5. The fraction of sp³-hybridized carbons (Fsp3) is 0.250. The maximum atomic E-state index is 13.0. The fourth-order valence-electron chi connectivity index (χ4n) is 3.64. The third-order valence-electron chi connectivity index (χ3n) is 5.42. The van der Waals surface area contributed by atoms with Gasteiger partial charge in [0.15, 0.2) is 5.65 Å². The van der Waals surface area contributed by atoms with Gasteiger partial charge >= 0.3 is 0 Å². The Kier molecular flexibility index (Phi) is 6.20. The smallest absolute Gasteiger partial charge is 0.273 e. The number of benzene rings is 2. The molecule has 8 nitrogen and oxygen atoms in total. The molecule has 0 unspecified atom stereocenters. The first-order valence-electron chi connectivity index (χ1n) is 10.4. The van der Waals surface area contributed by atoms with Gasteiger partial charge in [0.1, 0.15) is 17.0 Å². The van der Waals surface area contributed by atoms with E-state index in [-0.39, 0.29) is 24.3 Å². The molecular weight excluding hydrogens is 442 g/mol. The van der Waals surface area contributed by atoms with Gasteiger partial charge in [0.25, 0.3) is 5.56 Å². The van der Waals surface area contributed by atoms with E-state index in [2.05, 4.69) is 15.4 Å². The highest BCUT2D eigenvalue weighted by Gasteiger charge is 2.18. The van der Waals surface area contributed by atoms with E-state index in [1.165, 1.54) is 7.11 Å². The molecule has 0 fully saturated rings. The lowest BCUT2D eigenvalue weighted by molar-refractivity contribution is -0.116. The van der Waals surface area contributed by atoms with Gasteiger partial charge in [0, 0.05) is 25.6 Å². The summed E-state index contributed by atoms with van der Waals surface area (Å²) < 4.78 is 8.38. The molecular formula is C24H24ClN5O3. The molecule has 0 saturated carbocycles. The first-order valence-corrected chi connectivity index (χ1v) is 10.8. The molecule has 170 valence electrons. The maximum Gasteiger partial charge on any atom is 0.273 e. The van der Waals surface area contributed by atoms with E-state index in [4.69, 9.17) is 16.3 Å². The number of aromatic nitrogens is 4. The van der Waals surface area contributed by atoms with Gasteiger partial charge in [-0.1, -0.05) is 29.3 Å². The Morgan fingerprint density at radius 2 is 1.88 bits per heavy atom. The standard InChI is InChI=1S/C24H24ClN5O3/c1-14-5-8-17(9-6-14)30-23-22(15(2)28-30)27-19(24(32)29(23)3)10-12-21(31)26-16-7-11-20(33-4)18(25)13-16/h5-9,11,13H,10,12H2,1-4H3,(H,26,31). The van der Waals surface area contributed by atoms with Gasteiger partial charge in [0.05, 0.1) is 23.5 Å². The predicted octanol–water partition coefficient (Wildman–Crippen LogP) is 3.97. The molecule has 0 spiro atoms. The van der Waals surface area contributed by atoms with Gasteiger partial charge < -0.3 is 10.1 Å². The van der Waals surface area contributed by atoms with Crippen molar-refractivity contribution in [1.29, 1.82) is 0 Å². The number of nitrogens with one attached hydrogen (secondary N) is 1. The Balaban J connectivity index is 1.57. The van der Waals surface area contributed by atoms with Crippen LogP contribution in [0.5, 0.6) is 5.75 Å². The molecule has 1 amide bonds. The number of amides is 1. The van der Waals surface area contributed by atoms with Crippen molar-refractivity contribution in [2.24, 2.45) is 7.05 Å². The molecule has 4 aromatic rings. The van der Waals surface area contributed by atoms with Crippen molar-refractivity contribution in [3.05, 3.63) is 74.8 Å². The quantitative estimate of drug-likeness (QED) is 0.465. The van der Waals surface area contributed by atoms with Crippen LogP contribution < -0.4 is 15.6 Å². The van der Waals surface area contributed by atoms with Gasteiger partial charge in [-0.3, -0.25) is 14.2 Å². The Morgan fingerprint density at radius 1 is 1.15 bits per heavy atom. The van der Waals surface area contributed by atoms with Gasteiger partial charge in [-0.2, -0.15) is 5.10 Å². The number of ether oxygens (including phenoxy) is 1. The minimum Gasteiger partial charge on any atom is -0.495 e. The molecule has 0 aliphatic rings. The highest BCUT2D eigenvalue weighted by Crippen LogP contribution is 2.27. The lowest BCUT2D eigenvalue weighted by Crippen LogP contribution is -2.25. The Morgan fingerprint density at radius 3 is 2.55 bits per heavy atom. The second kappa shape index (κ2) is 9.07. The number of carbonyl (C=O) groups excluding carboxylic acids is 1. The molecule has 0 aliphatic carbocycles. The summed E-state index contributed by atoms with van der Waals surface area (Å²) in [6.07, 6.45) is 0.302.